The second kappa shape index (κ2) is 8.56. The molecule has 152 valence electrons. The fourth-order valence-corrected chi connectivity index (χ4v) is 5.00. The van der Waals surface area contributed by atoms with E-state index in [2.05, 4.69) is 31.9 Å². The number of rotatable bonds is 6. The highest BCUT2D eigenvalue weighted by molar-refractivity contribution is 9.10. The van der Waals surface area contributed by atoms with E-state index in [0.717, 1.165) is 21.1 Å². The Kier molecular flexibility index (Phi) is 6.09. The van der Waals surface area contributed by atoms with Gasteiger partial charge in [0.15, 0.2) is 0 Å². The second-order valence-corrected chi connectivity index (χ2v) is 9.30. The summed E-state index contributed by atoms with van der Waals surface area (Å²) in [6.07, 6.45) is 10.7. The van der Waals surface area contributed by atoms with Gasteiger partial charge in [-0.25, -0.2) is 0 Å². The van der Waals surface area contributed by atoms with Crippen LogP contribution in [0.3, 0.4) is 0 Å². The Hall–Kier alpha value is -1.37. The van der Waals surface area contributed by atoms with Crippen LogP contribution in [0, 0.1) is 5.92 Å². The zero-order valence-corrected chi connectivity index (χ0v) is 17.8. The molecule has 1 saturated heterocycles. The lowest BCUT2D eigenvalue weighted by Gasteiger charge is -2.36. The van der Waals surface area contributed by atoms with Crippen molar-refractivity contribution < 1.29 is 14.6 Å². The minimum atomic E-state index is -0.717. The summed E-state index contributed by atoms with van der Waals surface area (Å²) in [4.78, 5) is 12.7. The Morgan fingerprint density at radius 3 is 2.68 bits per heavy atom. The highest BCUT2D eigenvalue weighted by Crippen LogP contribution is 2.34. The Bertz CT molecular complexity index is 836. The standard InChI is InChI=1S/C22H29BrN2O3/c23-17-8-5-9-19-21(17)18(13-25(19)11-10-22(27)14-28-15-22)24-20(26)12-16-6-3-1-2-4-7-16/h5,8-9,13,16,27H,1-4,6-7,10-12,14-15H2,(H,24,26). The molecule has 28 heavy (non-hydrogen) atoms. The summed E-state index contributed by atoms with van der Waals surface area (Å²) in [7, 11) is 0. The molecule has 4 rings (SSSR count). The van der Waals surface area contributed by atoms with Crippen LogP contribution >= 0.6 is 15.9 Å². The summed E-state index contributed by atoms with van der Waals surface area (Å²) in [6.45, 7) is 1.49. The van der Waals surface area contributed by atoms with E-state index in [1.54, 1.807) is 0 Å². The van der Waals surface area contributed by atoms with E-state index in [-0.39, 0.29) is 5.91 Å². The van der Waals surface area contributed by atoms with Crippen molar-refractivity contribution in [3.63, 3.8) is 0 Å². The number of fused-ring (bicyclic) bond motifs is 1. The third kappa shape index (κ3) is 4.44. The van der Waals surface area contributed by atoms with Gasteiger partial charge in [-0.3, -0.25) is 4.79 Å². The van der Waals surface area contributed by atoms with Gasteiger partial charge in [-0.15, -0.1) is 0 Å². The van der Waals surface area contributed by atoms with Gasteiger partial charge < -0.3 is 19.7 Å². The number of benzene rings is 1. The van der Waals surface area contributed by atoms with E-state index in [1.807, 2.05) is 18.3 Å². The van der Waals surface area contributed by atoms with Crippen LogP contribution in [0.5, 0.6) is 0 Å². The fourth-order valence-electron chi connectivity index (χ4n) is 4.43. The SMILES string of the molecule is O=C(CC1CCCCCC1)Nc1cn(CCC2(O)COC2)c2cccc(Br)c12. The molecular formula is C22H29BrN2O3. The number of amides is 1. The number of aryl methyl sites for hydroxylation is 1. The van der Waals surface area contributed by atoms with E-state index in [1.165, 1.54) is 38.5 Å². The number of anilines is 1. The van der Waals surface area contributed by atoms with Gasteiger partial charge in [0.1, 0.15) is 5.60 Å². The minimum Gasteiger partial charge on any atom is -0.385 e. The Morgan fingerprint density at radius 2 is 2.00 bits per heavy atom. The predicted octanol–water partition coefficient (Wildman–Crippen LogP) is 4.85. The molecule has 0 bridgehead atoms. The smallest absolute Gasteiger partial charge is 0.224 e. The molecule has 1 saturated carbocycles. The van der Waals surface area contributed by atoms with Gasteiger partial charge in [-0.1, -0.05) is 47.7 Å². The molecule has 1 aliphatic heterocycles. The molecule has 1 aromatic carbocycles. The average molecular weight is 449 g/mol. The van der Waals surface area contributed by atoms with Crippen molar-refractivity contribution in [3.05, 3.63) is 28.9 Å². The summed E-state index contributed by atoms with van der Waals surface area (Å²) in [5, 5.41) is 14.5. The molecular weight excluding hydrogens is 420 g/mol. The summed E-state index contributed by atoms with van der Waals surface area (Å²) in [5.74, 6) is 0.611. The monoisotopic (exact) mass is 448 g/mol. The van der Waals surface area contributed by atoms with Crippen molar-refractivity contribution in [2.75, 3.05) is 18.5 Å². The predicted molar refractivity (Wildman–Crippen MR) is 114 cm³/mol. The van der Waals surface area contributed by atoms with E-state index < -0.39 is 5.60 Å². The van der Waals surface area contributed by atoms with Crippen LogP contribution in [-0.2, 0) is 16.1 Å². The van der Waals surface area contributed by atoms with Crippen molar-refractivity contribution >= 4 is 38.4 Å². The number of aliphatic hydroxyl groups is 1. The van der Waals surface area contributed by atoms with Crippen LogP contribution in [0.15, 0.2) is 28.9 Å². The summed E-state index contributed by atoms with van der Waals surface area (Å²) in [5.41, 5.74) is 1.19. The summed E-state index contributed by atoms with van der Waals surface area (Å²) in [6, 6.07) is 6.06. The molecule has 2 N–H and O–H groups in total. The zero-order valence-electron chi connectivity index (χ0n) is 16.3. The number of hydrogen-bond donors (Lipinski definition) is 2. The number of nitrogens with one attached hydrogen (secondary N) is 1. The van der Waals surface area contributed by atoms with Crippen molar-refractivity contribution in [1.82, 2.24) is 4.57 Å². The number of ether oxygens (including phenoxy) is 1. The molecule has 2 heterocycles. The number of halogens is 1. The third-order valence-corrected chi connectivity index (χ3v) is 6.80. The van der Waals surface area contributed by atoms with Crippen LogP contribution in [0.25, 0.3) is 10.9 Å². The number of carbonyl (C=O) groups excluding carboxylic acids is 1. The lowest BCUT2D eigenvalue weighted by molar-refractivity contribution is -0.182. The first-order chi connectivity index (χ1) is 13.5. The lowest BCUT2D eigenvalue weighted by atomic mass is 9.96. The normalized spacial score (nSPS) is 19.9. The third-order valence-electron chi connectivity index (χ3n) is 6.14. The molecule has 2 aromatic rings. The van der Waals surface area contributed by atoms with Gasteiger partial charge in [-0.2, -0.15) is 0 Å². The molecule has 1 aliphatic carbocycles. The molecule has 0 spiro atoms. The second-order valence-electron chi connectivity index (χ2n) is 8.45. The van der Waals surface area contributed by atoms with Crippen molar-refractivity contribution in [1.29, 1.82) is 0 Å². The Labute approximate surface area is 174 Å². The molecule has 0 atom stereocenters. The molecule has 2 fully saturated rings. The van der Waals surface area contributed by atoms with E-state index in [4.69, 9.17) is 4.74 Å². The maximum absolute atomic E-state index is 12.7. The number of aromatic nitrogens is 1. The van der Waals surface area contributed by atoms with E-state index in [0.29, 0.717) is 38.5 Å². The van der Waals surface area contributed by atoms with Gasteiger partial charge in [-0.05, 0) is 37.3 Å². The van der Waals surface area contributed by atoms with Gasteiger partial charge in [0.05, 0.1) is 24.4 Å². The average Bonchev–Trinajstić information content (AvgIpc) is 2.81. The number of hydrogen-bond acceptors (Lipinski definition) is 3. The first kappa shape index (κ1) is 19.9. The van der Waals surface area contributed by atoms with Gasteiger partial charge in [0.2, 0.25) is 5.91 Å². The topological polar surface area (TPSA) is 63.5 Å². The molecule has 1 aromatic heterocycles. The van der Waals surface area contributed by atoms with Crippen LogP contribution in [0.2, 0.25) is 0 Å². The van der Waals surface area contributed by atoms with E-state index in [9.17, 15) is 9.90 Å². The lowest BCUT2D eigenvalue weighted by Crippen LogP contribution is -2.50. The highest BCUT2D eigenvalue weighted by Gasteiger charge is 2.35. The van der Waals surface area contributed by atoms with Gasteiger partial charge >= 0.3 is 0 Å². The van der Waals surface area contributed by atoms with Crippen LogP contribution < -0.4 is 5.32 Å². The highest BCUT2D eigenvalue weighted by atomic mass is 79.9. The maximum atomic E-state index is 12.7. The summed E-state index contributed by atoms with van der Waals surface area (Å²) >= 11 is 3.64. The van der Waals surface area contributed by atoms with Gasteiger partial charge in [0.25, 0.3) is 0 Å². The van der Waals surface area contributed by atoms with Gasteiger partial charge in [0, 0.05) is 29.0 Å². The maximum Gasteiger partial charge on any atom is 0.224 e. The van der Waals surface area contributed by atoms with Crippen molar-refractivity contribution in [2.24, 2.45) is 5.92 Å². The van der Waals surface area contributed by atoms with Crippen LogP contribution in [0.1, 0.15) is 51.4 Å². The minimum absolute atomic E-state index is 0.104. The first-order valence-corrected chi connectivity index (χ1v) is 11.2. The Morgan fingerprint density at radius 1 is 1.25 bits per heavy atom. The molecule has 0 radical (unpaired) electrons. The summed E-state index contributed by atoms with van der Waals surface area (Å²) < 4.78 is 8.24. The molecule has 0 unspecified atom stereocenters. The van der Waals surface area contributed by atoms with Crippen LogP contribution in [0.4, 0.5) is 5.69 Å². The van der Waals surface area contributed by atoms with E-state index >= 15 is 0 Å². The van der Waals surface area contributed by atoms with Crippen LogP contribution in [-0.4, -0.2) is 34.4 Å². The quantitative estimate of drug-likeness (QED) is 0.620. The zero-order chi connectivity index (χ0) is 19.6. The largest absolute Gasteiger partial charge is 0.385 e. The van der Waals surface area contributed by atoms with Crippen molar-refractivity contribution in [3.8, 4) is 0 Å². The van der Waals surface area contributed by atoms with Crippen molar-refractivity contribution in [2.45, 2.75) is 63.5 Å². The number of nitrogens with zero attached hydrogens (tertiary/aromatic N) is 1. The fraction of sp³-hybridized carbons (Fsp3) is 0.591. The molecule has 2 aliphatic rings. The first-order valence-electron chi connectivity index (χ1n) is 10.4. The Balaban J connectivity index is 1.50. The molecule has 6 heteroatoms. The molecule has 1 amide bonds. The molecule has 5 nitrogen and oxygen atoms in total. The number of carbonyl (C=O) groups is 1.